The number of nitrogens with one attached hydrogen (secondary N) is 1. The number of anilines is 1. The molecule has 35 heavy (non-hydrogen) atoms. The largest absolute Gasteiger partial charge is 0.492 e. The Kier molecular flexibility index (Phi) is 6.55. The maximum Gasteiger partial charge on any atom is 0.341 e. The number of carboxylic acid groups (broad SMARTS) is 1. The Morgan fingerprint density at radius 1 is 1.34 bits per heavy atom. The van der Waals surface area contributed by atoms with Gasteiger partial charge in [0.25, 0.3) is 0 Å². The second-order valence-electron chi connectivity index (χ2n) is 10.3. The number of halogens is 1. The second kappa shape index (κ2) is 9.48. The lowest BCUT2D eigenvalue weighted by atomic mass is 9.90. The van der Waals surface area contributed by atoms with Crippen molar-refractivity contribution in [2.45, 2.75) is 43.1 Å². The summed E-state index contributed by atoms with van der Waals surface area (Å²) in [7, 11) is 0. The van der Waals surface area contributed by atoms with Crippen molar-refractivity contribution in [1.82, 2.24) is 4.90 Å². The molecule has 0 amide bonds. The van der Waals surface area contributed by atoms with Crippen molar-refractivity contribution in [1.29, 1.82) is 0 Å². The number of benzene rings is 2. The predicted octanol–water partition coefficient (Wildman–Crippen LogP) is 5.25. The molecule has 1 saturated heterocycles. The summed E-state index contributed by atoms with van der Waals surface area (Å²) in [4.78, 5) is 15.1. The molecule has 0 aromatic heterocycles. The molecule has 3 aliphatic rings. The van der Waals surface area contributed by atoms with Gasteiger partial charge in [-0.1, -0.05) is 18.2 Å². The summed E-state index contributed by atoms with van der Waals surface area (Å²) in [6.45, 7) is 6.75. The van der Waals surface area contributed by atoms with Crippen LogP contribution in [0.15, 0.2) is 41.3 Å². The highest BCUT2D eigenvalue weighted by Gasteiger charge is 2.45. The van der Waals surface area contributed by atoms with Crippen molar-refractivity contribution in [2.24, 2.45) is 11.8 Å². The molecule has 2 fully saturated rings. The Morgan fingerprint density at radius 2 is 2.17 bits per heavy atom. The number of fused-ring (bicyclic) bond motifs is 3. The summed E-state index contributed by atoms with van der Waals surface area (Å²) in [5, 5.41) is 20.1. The molecular weight excluding hydrogens is 467 g/mol. The number of aliphatic hydroxyl groups is 1. The molecule has 6 nitrogen and oxygen atoms in total. The average Bonchev–Trinajstić information content (AvgIpc) is 3.45. The fourth-order valence-corrected chi connectivity index (χ4v) is 5.87. The number of likely N-dealkylation sites (tertiary alicyclic amines) is 1. The minimum Gasteiger partial charge on any atom is -0.492 e. The van der Waals surface area contributed by atoms with Gasteiger partial charge in [0.05, 0.1) is 17.9 Å². The fourth-order valence-electron chi connectivity index (χ4n) is 5.10. The van der Waals surface area contributed by atoms with Gasteiger partial charge in [0.2, 0.25) is 0 Å². The Hall–Kier alpha value is -2.55. The minimum absolute atomic E-state index is 0.148. The van der Waals surface area contributed by atoms with Crippen LogP contribution in [0.2, 0.25) is 0 Å². The first-order chi connectivity index (χ1) is 16.7. The standard InChI is InChI=1S/C27H31FN2O4S/c1-27(2,33)18-9-11-30(14-18)10-3-4-16-12-19(28)5-8-23(16)35-29-22-7-6-20-21-13-17(21)15-34-25(20)24(22)26(31)32/h3-8,12,17-18,21,29,33H,9-11,13-15H2,1-2H3,(H,31,32)/b4-3-/t17-,18?,21?/m0/s1. The van der Waals surface area contributed by atoms with Gasteiger partial charge < -0.3 is 19.7 Å². The van der Waals surface area contributed by atoms with Crippen molar-refractivity contribution in [2.75, 3.05) is 31.0 Å². The normalized spacial score (nSPS) is 23.6. The van der Waals surface area contributed by atoms with E-state index in [1.165, 1.54) is 24.1 Å². The third kappa shape index (κ3) is 5.20. The summed E-state index contributed by atoms with van der Waals surface area (Å²) in [6, 6.07) is 8.32. The second-order valence-corrected chi connectivity index (χ2v) is 11.2. The highest BCUT2D eigenvalue weighted by molar-refractivity contribution is 8.00. The van der Waals surface area contributed by atoms with E-state index in [1.54, 1.807) is 12.1 Å². The number of carbonyl (C=O) groups is 1. The Bertz CT molecular complexity index is 1160. The highest BCUT2D eigenvalue weighted by Crippen LogP contribution is 2.55. The molecule has 3 N–H and O–H groups in total. The zero-order valence-corrected chi connectivity index (χ0v) is 20.8. The maximum absolute atomic E-state index is 14.0. The average molecular weight is 499 g/mol. The van der Waals surface area contributed by atoms with E-state index < -0.39 is 11.6 Å². The van der Waals surface area contributed by atoms with Gasteiger partial charge in [0.1, 0.15) is 17.1 Å². The third-order valence-corrected chi connectivity index (χ3v) is 8.25. The van der Waals surface area contributed by atoms with Crippen LogP contribution in [0, 0.1) is 17.7 Å². The molecule has 1 saturated carbocycles. The molecule has 0 spiro atoms. The fraction of sp³-hybridized carbons (Fsp3) is 0.444. The molecule has 2 aliphatic heterocycles. The summed E-state index contributed by atoms with van der Waals surface area (Å²) >= 11 is 1.26. The van der Waals surface area contributed by atoms with E-state index in [4.69, 9.17) is 4.74 Å². The summed E-state index contributed by atoms with van der Waals surface area (Å²) in [5.41, 5.74) is 1.62. The van der Waals surface area contributed by atoms with Crippen molar-refractivity contribution >= 4 is 29.7 Å². The van der Waals surface area contributed by atoms with Crippen LogP contribution in [0.5, 0.6) is 5.75 Å². The van der Waals surface area contributed by atoms with Gasteiger partial charge in [-0.3, -0.25) is 4.90 Å². The zero-order valence-electron chi connectivity index (χ0n) is 20.0. The molecule has 2 unspecified atom stereocenters. The number of hydrogen-bond acceptors (Lipinski definition) is 6. The summed E-state index contributed by atoms with van der Waals surface area (Å²) < 4.78 is 23.0. The van der Waals surface area contributed by atoms with Crippen LogP contribution >= 0.6 is 11.9 Å². The number of ether oxygens (including phenoxy) is 1. The van der Waals surface area contributed by atoms with Gasteiger partial charge in [0, 0.05) is 29.8 Å². The maximum atomic E-state index is 14.0. The number of rotatable bonds is 8. The summed E-state index contributed by atoms with van der Waals surface area (Å²) in [6.07, 6.45) is 5.91. The number of carboxylic acids is 1. The molecule has 8 heteroatoms. The molecule has 0 bridgehead atoms. The van der Waals surface area contributed by atoms with Gasteiger partial charge in [-0.15, -0.1) is 0 Å². The van der Waals surface area contributed by atoms with Crippen LogP contribution < -0.4 is 9.46 Å². The number of nitrogens with zero attached hydrogens (tertiary/aromatic N) is 1. The van der Waals surface area contributed by atoms with Crippen LogP contribution in [-0.4, -0.2) is 52.9 Å². The van der Waals surface area contributed by atoms with Crippen LogP contribution in [0.4, 0.5) is 10.1 Å². The van der Waals surface area contributed by atoms with E-state index in [0.717, 1.165) is 36.4 Å². The van der Waals surface area contributed by atoms with Crippen molar-refractivity contribution in [3.63, 3.8) is 0 Å². The van der Waals surface area contributed by atoms with Crippen LogP contribution in [0.3, 0.4) is 0 Å². The van der Waals surface area contributed by atoms with Gasteiger partial charge in [0.15, 0.2) is 0 Å². The Morgan fingerprint density at radius 3 is 2.91 bits per heavy atom. The van der Waals surface area contributed by atoms with Crippen molar-refractivity contribution in [3.05, 3.63) is 58.9 Å². The van der Waals surface area contributed by atoms with E-state index >= 15 is 0 Å². The molecule has 186 valence electrons. The monoisotopic (exact) mass is 498 g/mol. The Balaban J connectivity index is 1.29. The third-order valence-electron chi connectivity index (χ3n) is 7.34. The van der Waals surface area contributed by atoms with E-state index in [0.29, 0.717) is 42.0 Å². The lowest BCUT2D eigenvalue weighted by Crippen LogP contribution is -2.33. The molecule has 1 aliphatic carbocycles. The lowest BCUT2D eigenvalue weighted by Gasteiger charge is -2.25. The topological polar surface area (TPSA) is 82.0 Å². The van der Waals surface area contributed by atoms with Crippen molar-refractivity contribution < 1.29 is 24.1 Å². The molecule has 2 aromatic rings. The smallest absolute Gasteiger partial charge is 0.341 e. The van der Waals surface area contributed by atoms with E-state index in [1.807, 2.05) is 32.1 Å². The quantitative estimate of drug-likeness (QED) is 0.429. The van der Waals surface area contributed by atoms with Gasteiger partial charge in [-0.05, 0) is 86.5 Å². The number of aromatic carboxylic acids is 1. The Labute approximate surface area is 209 Å². The molecule has 0 radical (unpaired) electrons. The van der Waals surface area contributed by atoms with E-state index in [-0.39, 0.29) is 17.3 Å². The lowest BCUT2D eigenvalue weighted by molar-refractivity contribution is 0.0215. The predicted molar refractivity (Wildman–Crippen MR) is 136 cm³/mol. The van der Waals surface area contributed by atoms with Gasteiger partial charge >= 0.3 is 5.97 Å². The highest BCUT2D eigenvalue weighted by atomic mass is 32.2. The van der Waals surface area contributed by atoms with E-state index in [9.17, 15) is 19.4 Å². The SMILES string of the molecule is CC(C)(O)C1CCN(C/C=C\c2cc(F)ccc2SNc2ccc3c(c2C(=O)O)OC[C@@H]2CC32)C1. The van der Waals surface area contributed by atoms with E-state index in [2.05, 4.69) is 9.62 Å². The zero-order chi connectivity index (χ0) is 24.7. The first-order valence-corrected chi connectivity index (χ1v) is 12.9. The summed E-state index contributed by atoms with van der Waals surface area (Å²) in [5.74, 6) is 0.267. The molecule has 2 aromatic carbocycles. The first kappa shape index (κ1) is 24.2. The molecule has 5 rings (SSSR count). The van der Waals surface area contributed by atoms with Gasteiger partial charge in [-0.2, -0.15) is 0 Å². The molecule has 3 atom stereocenters. The molecular formula is C27H31FN2O4S. The van der Waals surface area contributed by atoms with Crippen LogP contribution in [-0.2, 0) is 0 Å². The van der Waals surface area contributed by atoms with Crippen LogP contribution in [0.1, 0.15) is 54.1 Å². The first-order valence-electron chi connectivity index (χ1n) is 12.1. The van der Waals surface area contributed by atoms with Crippen molar-refractivity contribution in [3.8, 4) is 5.75 Å². The number of hydrogen-bond donors (Lipinski definition) is 3. The van der Waals surface area contributed by atoms with Crippen LogP contribution in [0.25, 0.3) is 6.08 Å². The van der Waals surface area contributed by atoms with Gasteiger partial charge in [-0.25, -0.2) is 9.18 Å². The molecule has 2 heterocycles. The minimum atomic E-state index is -1.03.